The number of ether oxygens (including phenoxy) is 1. The van der Waals surface area contributed by atoms with E-state index in [4.69, 9.17) is 10.5 Å². The van der Waals surface area contributed by atoms with Crippen molar-refractivity contribution >= 4 is 17.7 Å². The zero-order valence-electron chi connectivity index (χ0n) is 13.2. The van der Waals surface area contributed by atoms with Gasteiger partial charge in [0, 0.05) is 29.8 Å². The van der Waals surface area contributed by atoms with Crippen LogP contribution in [0.25, 0.3) is 11.1 Å². The highest BCUT2D eigenvalue weighted by Gasteiger charge is 2.32. The van der Waals surface area contributed by atoms with Crippen LogP contribution in [0.5, 0.6) is 0 Å². The van der Waals surface area contributed by atoms with Gasteiger partial charge in [-0.15, -0.1) is 0 Å². The molecule has 1 unspecified atom stereocenters. The number of carbonyl (C=O) groups excluding carboxylic acids is 2. The van der Waals surface area contributed by atoms with E-state index in [1.165, 1.54) is 35.4 Å². The number of H-pyrrole nitrogens is 1. The molecule has 0 spiro atoms. The van der Waals surface area contributed by atoms with Crippen molar-refractivity contribution in [1.29, 1.82) is 0 Å². The lowest BCUT2D eigenvalue weighted by molar-refractivity contribution is -0.118. The Balaban J connectivity index is 1.78. The molecule has 2 aromatic rings. The Morgan fingerprint density at radius 2 is 2.12 bits per heavy atom. The van der Waals surface area contributed by atoms with Gasteiger partial charge in [0.1, 0.15) is 11.9 Å². The van der Waals surface area contributed by atoms with Gasteiger partial charge >= 0.3 is 6.09 Å². The lowest BCUT2D eigenvalue weighted by Crippen LogP contribution is -2.25. The van der Waals surface area contributed by atoms with E-state index in [0.717, 1.165) is 0 Å². The Hall–Kier alpha value is -3.16. The Labute approximate surface area is 142 Å². The van der Waals surface area contributed by atoms with E-state index in [1.807, 2.05) is 0 Å². The van der Waals surface area contributed by atoms with Crippen LogP contribution in [-0.4, -0.2) is 29.6 Å². The van der Waals surface area contributed by atoms with Gasteiger partial charge in [-0.3, -0.25) is 14.5 Å². The summed E-state index contributed by atoms with van der Waals surface area (Å²) in [7, 11) is 0. The maximum absolute atomic E-state index is 14.4. The van der Waals surface area contributed by atoms with Crippen LogP contribution in [0.3, 0.4) is 0 Å². The van der Waals surface area contributed by atoms with Crippen LogP contribution in [0.15, 0.2) is 41.3 Å². The van der Waals surface area contributed by atoms with E-state index >= 15 is 0 Å². The third kappa shape index (κ3) is 3.68. The third-order valence-corrected chi connectivity index (χ3v) is 3.95. The number of aromatic nitrogens is 1. The van der Waals surface area contributed by atoms with E-state index in [1.54, 1.807) is 6.07 Å². The molecule has 1 aliphatic rings. The minimum Gasteiger partial charge on any atom is -0.444 e. The number of benzene rings is 1. The van der Waals surface area contributed by atoms with Crippen molar-refractivity contribution in [2.24, 2.45) is 5.73 Å². The van der Waals surface area contributed by atoms with E-state index in [0.29, 0.717) is 23.2 Å². The first-order valence-corrected chi connectivity index (χ1v) is 7.69. The molecule has 25 heavy (non-hydrogen) atoms. The highest BCUT2D eigenvalue weighted by molar-refractivity contribution is 5.90. The van der Waals surface area contributed by atoms with E-state index in [2.05, 4.69) is 4.98 Å². The maximum Gasteiger partial charge on any atom is 0.414 e. The minimum absolute atomic E-state index is 0.116. The van der Waals surface area contributed by atoms with Crippen molar-refractivity contribution in [2.75, 3.05) is 11.4 Å². The van der Waals surface area contributed by atoms with Crippen LogP contribution < -0.4 is 16.2 Å². The first-order chi connectivity index (χ1) is 11.9. The number of nitrogens with one attached hydrogen (secondary N) is 1. The zero-order valence-corrected chi connectivity index (χ0v) is 13.2. The van der Waals surface area contributed by atoms with Crippen LogP contribution in [0.4, 0.5) is 14.9 Å². The number of hydrogen-bond acceptors (Lipinski definition) is 4. The van der Waals surface area contributed by atoms with Gasteiger partial charge < -0.3 is 15.5 Å². The summed E-state index contributed by atoms with van der Waals surface area (Å²) < 4.78 is 19.6. The summed E-state index contributed by atoms with van der Waals surface area (Å²) >= 11 is 0. The van der Waals surface area contributed by atoms with Crippen molar-refractivity contribution < 1.29 is 18.7 Å². The first kappa shape index (κ1) is 16.7. The van der Waals surface area contributed by atoms with Crippen molar-refractivity contribution in [3.8, 4) is 11.1 Å². The Morgan fingerprint density at radius 3 is 2.76 bits per heavy atom. The van der Waals surface area contributed by atoms with Gasteiger partial charge in [0.15, 0.2) is 0 Å². The molecule has 0 bridgehead atoms. The van der Waals surface area contributed by atoms with Crippen molar-refractivity contribution in [1.82, 2.24) is 4.98 Å². The summed E-state index contributed by atoms with van der Waals surface area (Å²) in [6.45, 7) is 0.226. The molecule has 0 aliphatic carbocycles. The summed E-state index contributed by atoms with van der Waals surface area (Å²) in [5, 5.41) is 0. The molecular weight excluding hydrogens is 329 g/mol. The predicted octanol–water partition coefficient (Wildman–Crippen LogP) is 1.77. The number of cyclic esters (lactones) is 1. The largest absolute Gasteiger partial charge is 0.444 e. The molecule has 1 saturated heterocycles. The molecule has 2 heterocycles. The highest BCUT2D eigenvalue weighted by atomic mass is 19.1. The van der Waals surface area contributed by atoms with E-state index < -0.39 is 23.9 Å². The SMILES string of the molecule is NC(=O)CCC1CN(c2ccc(-c3ccc(=O)[nH]c3)c(F)c2)C(=O)O1. The second kappa shape index (κ2) is 6.76. The van der Waals surface area contributed by atoms with Crippen LogP contribution in [-0.2, 0) is 9.53 Å². The molecule has 1 atom stereocenters. The van der Waals surface area contributed by atoms with Crippen LogP contribution in [0.2, 0.25) is 0 Å². The van der Waals surface area contributed by atoms with E-state index in [9.17, 15) is 18.8 Å². The average Bonchev–Trinajstić information content (AvgIpc) is 2.95. The molecule has 8 heteroatoms. The molecule has 7 nitrogen and oxygen atoms in total. The minimum atomic E-state index is -0.592. The molecule has 3 N–H and O–H groups in total. The van der Waals surface area contributed by atoms with Gasteiger partial charge in [0.05, 0.1) is 12.2 Å². The molecule has 0 saturated carbocycles. The maximum atomic E-state index is 14.4. The number of halogens is 1. The number of nitrogens with two attached hydrogens (primary N) is 1. The fraction of sp³-hybridized carbons (Fsp3) is 0.235. The Morgan fingerprint density at radius 1 is 1.32 bits per heavy atom. The average molecular weight is 345 g/mol. The monoisotopic (exact) mass is 345 g/mol. The molecule has 0 radical (unpaired) electrons. The fourth-order valence-corrected chi connectivity index (χ4v) is 2.67. The van der Waals surface area contributed by atoms with E-state index in [-0.39, 0.29) is 18.5 Å². The molecule has 1 aromatic carbocycles. The number of amides is 2. The fourth-order valence-electron chi connectivity index (χ4n) is 2.67. The summed E-state index contributed by atoms with van der Waals surface area (Å²) in [4.78, 5) is 37.7. The van der Waals surface area contributed by atoms with Crippen LogP contribution in [0, 0.1) is 5.82 Å². The second-order valence-corrected chi connectivity index (χ2v) is 5.73. The number of hydrogen-bond donors (Lipinski definition) is 2. The smallest absolute Gasteiger partial charge is 0.414 e. The quantitative estimate of drug-likeness (QED) is 0.861. The number of pyridine rings is 1. The van der Waals surface area contributed by atoms with Gasteiger partial charge in [-0.2, -0.15) is 0 Å². The number of carbonyl (C=O) groups is 2. The number of aromatic amines is 1. The standard InChI is InChI=1S/C17H16FN3O4/c18-14-7-11(2-4-13(14)10-1-6-16(23)20-8-10)21-9-12(25-17(21)24)3-5-15(19)22/h1-2,4,6-8,12H,3,5,9H2,(H2,19,22)(H,20,23). The lowest BCUT2D eigenvalue weighted by Gasteiger charge is -2.14. The van der Waals surface area contributed by atoms with Gasteiger partial charge in [0.25, 0.3) is 0 Å². The summed E-state index contributed by atoms with van der Waals surface area (Å²) in [6, 6.07) is 7.19. The summed E-state index contributed by atoms with van der Waals surface area (Å²) in [5.74, 6) is -0.997. The van der Waals surface area contributed by atoms with Crippen LogP contribution >= 0.6 is 0 Å². The first-order valence-electron chi connectivity index (χ1n) is 7.69. The zero-order chi connectivity index (χ0) is 18.0. The molecule has 2 amide bonds. The molecule has 1 aromatic heterocycles. The Kier molecular flexibility index (Phi) is 4.51. The van der Waals surface area contributed by atoms with Gasteiger partial charge in [-0.25, -0.2) is 9.18 Å². The van der Waals surface area contributed by atoms with Crippen molar-refractivity contribution in [3.63, 3.8) is 0 Å². The second-order valence-electron chi connectivity index (χ2n) is 5.73. The van der Waals surface area contributed by atoms with Crippen LogP contribution in [0.1, 0.15) is 12.8 Å². The normalized spacial score (nSPS) is 16.8. The van der Waals surface area contributed by atoms with Crippen molar-refractivity contribution in [2.45, 2.75) is 18.9 Å². The van der Waals surface area contributed by atoms with Crippen molar-refractivity contribution in [3.05, 3.63) is 52.7 Å². The molecular formula is C17H16FN3O4. The van der Waals surface area contributed by atoms with Gasteiger partial charge in [-0.05, 0) is 30.7 Å². The molecule has 1 aliphatic heterocycles. The van der Waals surface area contributed by atoms with Gasteiger partial charge in [0.2, 0.25) is 11.5 Å². The number of nitrogens with zero attached hydrogens (tertiary/aromatic N) is 1. The van der Waals surface area contributed by atoms with Gasteiger partial charge in [-0.1, -0.05) is 0 Å². The molecule has 1 fully saturated rings. The number of primary amides is 1. The summed E-state index contributed by atoms with van der Waals surface area (Å²) in [6.07, 6.45) is 0.818. The molecule has 3 rings (SSSR count). The highest BCUT2D eigenvalue weighted by Crippen LogP contribution is 2.29. The lowest BCUT2D eigenvalue weighted by atomic mass is 10.1. The summed E-state index contributed by atoms with van der Waals surface area (Å²) in [5.41, 5.74) is 5.99. The number of anilines is 1. The Bertz CT molecular complexity index is 860. The third-order valence-electron chi connectivity index (χ3n) is 3.95. The molecule has 130 valence electrons. The topological polar surface area (TPSA) is 105 Å². The number of rotatable bonds is 5. The predicted molar refractivity (Wildman–Crippen MR) is 88.5 cm³/mol.